The molecule has 0 saturated heterocycles. The van der Waals surface area contributed by atoms with Crippen molar-refractivity contribution in [1.29, 1.82) is 5.26 Å². The summed E-state index contributed by atoms with van der Waals surface area (Å²) in [6.45, 7) is 0. The van der Waals surface area contributed by atoms with E-state index in [9.17, 15) is 4.79 Å². The van der Waals surface area contributed by atoms with Gasteiger partial charge in [-0.15, -0.1) is 0 Å². The summed E-state index contributed by atoms with van der Waals surface area (Å²) in [6.07, 6.45) is 2.51. The molecule has 0 unspecified atom stereocenters. The third-order valence-corrected chi connectivity index (χ3v) is 1.50. The summed E-state index contributed by atoms with van der Waals surface area (Å²) in [4.78, 5) is 14.3. The summed E-state index contributed by atoms with van der Waals surface area (Å²) in [7, 11) is 0. The number of hydrogen-bond donors (Lipinski definition) is 1. The van der Waals surface area contributed by atoms with Gasteiger partial charge in [0.2, 0.25) is 0 Å². The summed E-state index contributed by atoms with van der Waals surface area (Å²) >= 11 is 5.17. The van der Waals surface area contributed by atoms with Crippen LogP contribution in [0.25, 0.3) is 0 Å². The molecule has 0 atom stereocenters. The number of anilines is 1. The van der Waals surface area contributed by atoms with Crippen LogP contribution in [0, 0.1) is 11.3 Å². The number of nitriles is 1. The maximum absolute atomic E-state index is 10.7. The van der Waals surface area contributed by atoms with Gasteiger partial charge in [-0.2, -0.15) is 5.26 Å². The van der Waals surface area contributed by atoms with Crippen LogP contribution in [0.3, 0.4) is 0 Å². The number of hydrogen-bond acceptors (Lipinski definition) is 4. The van der Waals surface area contributed by atoms with Crippen molar-refractivity contribution in [2.75, 3.05) is 5.73 Å². The molecule has 1 aromatic heterocycles. The van der Waals surface area contributed by atoms with Crippen molar-refractivity contribution in [3.05, 3.63) is 23.5 Å². The van der Waals surface area contributed by atoms with Crippen molar-refractivity contribution >= 4 is 22.5 Å². The minimum absolute atomic E-state index is 0.0409. The van der Waals surface area contributed by atoms with Crippen LogP contribution in [-0.4, -0.2) is 10.2 Å². The molecule has 0 aromatic carbocycles. The van der Waals surface area contributed by atoms with Gasteiger partial charge < -0.3 is 5.73 Å². The number of rotatable bonds is 1. The monoisotopic (exact) mass is 181 g/mol. The van der Waals surface area contributed by atoms with Crippen molar-refractivity contribution in [3.8, 4) is 6.07 Å². The summed E-state index contributed by atoms with van der Waals surface area (Å²) in [5.74, 6) is 0. The van der Waals surface area contributed by atoms with Gasteiger partial charge in [-0.25, -0.2) is 0 Å². The summed E-state index contributed by atoms with van der Waals surface area (Å²) in [5, 5.41) is 7.85. The second-order valence-corrected chi connectivity index (χ2v) is 2.38. The summed E-state index contributed by atoms with van der Waals surface area (Å²) in [6, 6.07) is 1.77. The van der Waals surface area contributed by atoms with Gasteiger partial charge in [0, 0.05) is 6.20 Å². The van der Waals surface area contributed by atoms with Crippen LogP contribution in [0.5, 0.6) is 0 Å². The molecule has 0 fully saturated rings. The fourth-order valence-electron chi connectivity index (χ4n) is 0.751. The first kappa shape index (κ1) is 8.50. The molecule has 1 rings (SSSR count). The normalized spacial score (nSPS) is 9.00. The van der Waals surface area contributed by atoms with Crippen LogP contribution in [0.2, 0.25) is 0 Å². The molecule has 4 nitrogen and oxygen atoms in total. The highest BCUT2D eigenvalue weighted by molar-refractivity contribution is 6.68. The van der Waals surface area contributed by atoms with E-state index in [-0.39, 0.29) is 16.8 Å². The third kappa shape index (κ3) is 1.36. The second kappa shape index (κ2) is 3.20. The average molecular weight is 182 g/mol. The number of halogens is 1. The maximum atomic E-state index is 10.7. The molecule has 1 heterocycles. The first-order valence-electron chi connectivity index (χ1n) is 3.00. The molecule has 0 amide bonds. The Kier molecular flexibility index (Phi) is 2.26. The first-order chi connectivity index (χ1) is 5.66. The van der Waals surface area contributed by atoms with Crippen LogP contribution < -0.4 is 5.73 Å². The Bertz CT molecular complexity index is 369. The Hall–Kier alpha value is -1.60. The molecule has 0 radical (unpaired) electrons. The molecule has 5 heteroatoms. The quantitative estimate of drug-likeness (QED) is 0.654. The van der Waals surface area contributed by atoms with E-state index in [1.807, 2.05) is 0 Å². The van der Waals surface area contributed by atoms with Crippen LogP contribution in [0.4, 0.5) is 5.69 Å². The van der Waals surface area contributed by atoms with Gasteiger partial charge in [0.05, 0.1) is 23.0 Å². The predicted octanol–water partition coefficient (Wildman–Crippen LogP) is 0.914. The molecule has 0 aliphatic heterocycles. The lowest BCUT2D eigenvalue weighted by Crippen LogP contribution is -2.00. The molecule has 0 aliphatic rings. The number of carbonyl (C=O) groups excluding carboxylic acids is 1. The molecule has 0 saturated carbocycles. The van der Waals surface area contributed by atoms with Crippen LogP contribution in [-0.2, 0) is 0 Å². The molecule has 1 aromatic rings. The molecule has 0 spiro atoms. The molecule has 60 valence electrons. The molecule has 12 heavy (non-hydrogen) atoms. The lowest BCUT2D eigenvalue weighted by atomic mass is 10.1. The van der Waals surface area contributed by atoms with Crippen LogP contribution in [0.1, 0.15) is 15.9 Å². The number of pyridine rings is 1. The first-order valence-corrected chi connectivity index (χ1v) is 3.38. The largest absolute Gasteiger partial charge is 0.396 e. The van der Waals surface area contributed by atoms with Crippen molar-refractivity contribution < 1.29 is 4.79 Å². The van der Waals surface area contributed by atoms with Gasteiger partial charge >= 0.3 is 0 Å². The maximum Gasteiger partial charge on any atom is 0.255 e. The number of nitrogens with zero attached hydrogens (tertiary/aromatic N) is 2. The highest BCUT2D eigenvalue weighted by Crippen LogP contribution is 2.15. The third-order valence-electron chi connectivity index (χ3n) is 1.30. The molecule has 0 bridgehead atoms. The Labute approximate surface area is 73.6 Å². The minimum atomic E-state index is -0.730. The van der Waals surface area contributed by atoms with Crippen molar-refractivity contribution in [3.63, 3.8) is 0 Å². The van der Waals surface area contributed by atoms with E-state index in [1.54, 1.807) is 6.07 Å². The number of nitrogen functional groups attached to an aromatic ring is 1. The number of nitrogens with two attached hydrogens (primary N) is 1. The van der Waals surface area contributed by atoms with Gasteiger partial charge in [0.25, 0.3) is 5.24 Å². The zero-order valence-electron chi connectivity index (χ0n) is 5.91. The van der Waals surface area contributed by atoms with E-state index in [2.05, 4.69) is 4.98 Å². The fourth-order valence-corrected chi connectivity index (χ4v) is 0.894. The lowest BCUT2D eigenvalue weighted by Gasteiger charge is -1.98. The Morgan fingerprint density at radius 2 is 2.33 bits per heavy atom. The summed E-state index contributed by atoms with van der Waals surface area (Å²) in [5.41, 5.74) is 5.65. The zero-order valence-corrected chi connectivity index (χ0v) is 6.67. The molecular formula is C7H4ClN3O. The highest BCUT2D eigenvalue weighted by Gasteiger charge is 2.11. The zero-order chi connectivity index (χ0) is 9.14. The van der Waals surface area contributed by atoms with E-state index in [4.69, 9.17) is 22.6 Å². The molecule has 0 aliphatic carbocycles. The smallest absolute Gasteiger partial charge is 0.255 e. The van der Waals surface area contributed by atoms with Gasteiger partial charge in [-0.05, 0) is 11.6 Å². The second-order valence-electron chi connectivity index (χ2n) is 2.04. The van der Waals surface area contributed by atoms with E-state index >= 15 is 0 Å². The molecular weight excluding hydrogens is 178 g/mol. The van der Waals surface area contributed by atoms with Gasteiger partial charge in [0.1, 0.15) is 6.07 Å². The Balaban J connectivity index is 3.40. The SMILES string of the molecule is N#Cc1c(N)cncc1C(=O)Cl. The standard InChI is InChI=1S/C7H4ClN3O/c8-7(12)5-2-11-3-6(10)4(5)1-9/h2-3H,10H2. The summed E-state index contributed by atoms with van der Waals surface area (Å²) < 4.78 is 0. The Morgan fingerprint density at radius 1 is 1.67 bits per heavy atom. The highest BCUT2D eigenvalue weighted by atomic mass is 35.5. The lowest BCUT2D eigenvalue weighted by molar-refractivity contribution is 0.108. The number of carbonyl (C=O) groups is 1. The Morgan fingerprint density at radius 3 is 2.75 bits per heavy atom. The van der Waals surface area contributed by atoms with Crippen LogP contribution in [0.15, 0.2) is 12.4 Å². The van der Waals surface area contributed by atoms with Crippen molar-refractivity contribution in [2.45, 2.75) is 0 Å². The minimum Gasteiger partial charge on any atom is -0.396 e. The molecule has 2 N–H and O–H groups in total. The average Bonchev–Trinajstić information content (AvgIpc) is 2.03. The van der Waals surface area contributed by atoms with Crippen molar-refractivity contribution in [1.82, 2.24) is 4.98 Å². The van der Waals surface area contributed by atoms with E-state index in [0.29, 0.717) is 0 Å². The van der Waals surface area contributed by atoms with Crippen LogP contribution >= 0.6 is 11.6 Å². The fraction of sp³-hybridized carbons (Fsp3) is 0. The van der Waals surface area contributed by atoms with Gasteiger partial charge in [-0.3, -0.25) is 9.78 Å². The topological polar surface area (TPSA) is 79.8 Å². The van der Waals surface area contributed by atoms with Crippen molar-refractivity contribution in [2.24, 2.45) is 0 Å². The predicted molar refractivity (Wildman–Crippen MR) is 43.5 cm³/mol. The van der Waals surface area contributed by atoms with E-state index < -0.39 is 5.24 Å². The van der Waals surface area contributed by atoms with E-state index in [0.717, 1.165) is 0 Å². The van der Waals surface area contributed by atoms with Gasteiger partial charge in [-0.1, -0.05) is 0 Å². The van der Waals surface area contributed by atoms with E-state index in [1.165, 1.54) is 12.4 Å². The number of aromatic nitrogens is 1. The van der Waals surface area contributed by atoms with Gasteiger partial charge in [0.15, 0.2) is 0 Å².